The number of carbonyl (C=O) groups excluding carboxylic acids is 1. The summed E-state index contributed by atoms with van der Waals surface area (Å²) in [5, 5.41) is 2.13. The molecule has 1 heterocycles. The first kappa shape index (κ1) is 12.9. The van der Waals surface area contributed by atoms with E-state index < -0.39 is 6.10 Å². The molecule has 0 fully saturated rings. The smallest absolute Gasteiger partial charge is 0.339 e. The highest BCUT2D eigenvalue weighted by Crippen LogP contribution is 2.43. The van der Waals surface area contributed by atoms with E-state index in [0.29, 0.717) is 5.56 Å². The van der Waals surface area contributed by atoms with E-state index in [1.807, 2.05) is 54.6 Å². The quantitative estimate of drug-likeness (QED) is 0.666. The van der Waals surface area contributed by atoms with Crippen molar-refractivity contribution in [2.45, 2.75) is 6.10 Å². The molecular weight excluding hydrogens is 276 g/mol. The van der Waals surface area contributed by atoms with E-state index in [2.05, 4.69) is 0 Å². The maximum atomic E-state index is 12.1. The van der Waals surface area contributed by atoms with Gasteiger partial charge in [0.15, 0.2) is 6.10 Å². The summed E-state index contributed by atoms with van der Waals surface area (Å²) in [6.45, 7) is 0. The summed E-state index contributed by atoms with van der Waals surface area (Å²) in [5.41, 5.74) is 2.42. The Kier molecular flexibility index (Phi) is 2.86. The normalized spacial score (nSPS) is 16.4. The molecule has 0 radical (unpaired) electrons. The van der Waals surface area contributed by atoms with Gasteiger partial charge in [0.05, 0.1) is 12.7 Å². The minimum atomic E-state index is -0.426. The Morgan fingerprint density at radius 1 is 0.955 bits per heavy atom. The molecule has 1 aliphatic rings. The zero-order valence-electron chi connectivity index (χ0n) is 12.1. The van der Waals surface area contributed by atoms with Crippen molar-refractivity contribution >= 4 is 16.7 Å². The van der Waals surface area contributed by atoms with Gasteiger partial charge in [0.2, 0.25) is 0 Å². The summed E-state index contributed by atoms with van der Waals surface area (Å²) in [4.78, 5) is 12.1. The number of ether oxygens (including phenoxy) is 2. The number of esters is 1. The van der Waals surface area contributed by atoms with Gasteiger partial charge in [-0.15, -0.1) is 0 Å². The van der Waals surface area contributed by atoms with Gasteiger partial charge < -0.3 is 9.47 Å². The number of hydrogen-bond donors (Lipinski definition) is 0. The Balaban J connectivity index is 2.01. The third-order valence-corrected chi connectivity index (χ3v) is 4.10. The lowest BCUT2D eigenvalue weighted by atomic mass is 9.94. The monoisotopic (exact) mass is 290 g/mol. The van der Waals surface area contributed by atoms with E-state index in [-0.39, 0.29) is 5.97 Å². The van der Waals surface area contributed by atoms with Gasteiger partial charge in [0, 0.05) is 11.1 Å². The second-order valence-corrected chi connectivity index (χ2v) is 5.28. The van der Waals surface area contributed by atoms with Gasteiger partial charge >= 0.3 is 5.97 Å². The van der Waals surface area contributed by atoms with Crippen LogP contribution < -0.4 is 4.74 Å². The van der Waals surface area contributed by atoms with E-state index >= 15 is 0 Å². The fourth-order valence-electron chi connectivity index (χ4n) is 3.08. The highest BCUT2D eigenvalue weighted by atomic mass is 16.6. The molecule has 0 unspecified atom stereocenters. The maximum Gasteiger partial charge on any atom is 0.339 e. The molecule has 1 aliphatic heterocycles. The van der Waals surface area contributed by atoms with Gasteiger partial charge in [-0.05, 0) is 22.9 Å². The van der Waals surface area contributed by atoms with Crippen LogP contribution in [-0.4, -0.2) is 13.1 Å². The first-order chi connectivity index (χ1) is 10.8. The third-order valence-electron chi connectivity index (χ3n) is 4.10. The standard InChI is InChI=1S/C19H14O3/c1-21-16-11-10-12-6-2-3-7-13(12)17(16)18-14-8-4-5-9-15(14)19(20)22-18/h2-11,18H,1H3/t18-/m1/s1. The summed E-state index contributed by atoms with van der Waals surface area (Å²) in [6.07, 6.45) is -0.426. The molecule has 0 saturated heterocycles. The van der Waals surface area contributed by atoms with E-state index in [0.717, 1.165) is 27.6 Å². The van der Waals surface area contributed by atoms with Crippen molar-refractivity contribution in [2.24, 2.45) is 0 Å². The van der Waals surface area contributed by atoms with E-state index in [1.165, 1.54) is 0 Å². The summed E-state index contributed by atoms with van der Waals surface area (Å²) in [5.74, 6) is 0.448. The van der Waals surface area contributed by atoms with E-state index in [1.54, 1.807) is 13.2 Å². The minimum absolute atomic E-state index is 0.282. The predicted octanol–water partition coefficient (Wildman–Crippen LogP) is 4.11. The predicted molar refractivity (Wildman–Crippen MR) is 84.2 cm³/mol. The number of methoxy groups -OCH3 is 1. The molecule has 0 amide bonds. The molecule has 3 heteroatoms. The molecule has 108 valence electrons. The average molecular weight is 290 g/mol. The van der Waals surface area contributed by atoms with Crippen LogP contribution in [0, 0.1) is 0 Å². The summed E-state index contributed by atoms with van der Waals surface area (Å²) in [7, 11) is 1.64. The van der Waals surface area contributed by atoms with Crippen LogP contribution >= 0.6 is 0 Å². The molecule has 0 saturated carbocycles. The van der Waals surface area contributed by atoms with Crippen molar-refractivity contribution in [1.82, 2.24) is 0 Å². The molecule has 1 atom stereocenters. The summed E-state index contributed by atoms with van der Waals surface area (Å²) < 4.78 is 11.2. The second-order valence-electron chi connectivity index (χ2n) is 5.28. The number of cyclic esters (lactones) is 1. The van der Waals surface area contributed by atoms with Gasteiger partial charge in [0.25, 0.3) is 0 Å². The van der Waals surface area contributed by atoms with Gasteiger partial charge in [0.1, 0.15) is 5.75 Å². The zero-order valence-corrected chi connectivity index (χ0v) is 12.1. The highest BCUT2D eigenvalue weighted by Gasteiger charge is 2.34. The number of carbonyl (C=O) groups is 1. The largest absolute Gasteiger partial charge is 0.496 e. The second kappa shape index (κ2) is 4.88. The minimum Gasteiger partial charge on any atom is -0.496 e. The van der Waals surface area contributed by atoms with Gasteiger partial charge in [-0.3, -0.25) is 0 Å². The average Bonchev–Trinajstić information content (AvgIpc) is 2.91. The van der Waals surface area contributed by atoms with Crippen molar-refractivity contribution in [3.63, 3.8) is 0 Å². The number of rotatable bonds is 2. The molecule has 0 spiro atoms. The molecule has 0 aromatic heterocycles. The first-order valence-electron chi connectivity index (χ1n) is 7.15. The molecule has 0 N–H and O–H groups in total. The molecule has 0 bridgehead atoms. The van der Waals surface area contributed by atoms with Crippen molar-refractivity contribution in [1.29, 1.82) is 0 Å². The highest BCUT2D eigenvalue weighted by molar-refractivity contribution is 5.96. The van der Waals surface area contributed by atoms with Gasteiger partial charge in [-0.25, -0.2) is 4.79 Å². The molecule has 3 nitrogen and oxygen atoms in total. The van der Waals surface area contributed by atoms with Gasteiger partial charge in [-0.2, -0.15) is 0 Å². The van der Waals surface area contributed by atoms with Crippen LogP contribution in [0.15, 0.2) is 60.7 Å². The molecule has 3 aromatic rings. The fourth-order valence-corrected chi connectivity index (χ4v) is 3.08. The topological polar surface area (TPSA) is 35.5 Å². The molecule has 3 aromatic carbocycles. The third kappa shape index (κ3) is 1.79. The van der Waals surface area contributed by atoms with Crippen LogP contribution in [0.25, 0.3) is 10.8 Å². The van der Waals surface area contributed by atoms with Crippen LogP contribution in [0.3, 0.4) is 0 Å². The van der Waals surface area contributed by atoms with E-state index in [9.17, 15) is 4.79 Å². The van der Waals surface area contributed by atoms with Crippen molar-refractivity contribution in [2.75, 3.05) is 7.11 Å². The number of fused-ring (bicyclic) bond motifs is 2. The van der Waals surface area contributed by atoms with Crippen molar-refractivity contribution in [3.05, 3.63) is 77.4 Å². The summed E-state index contributed by atoms with van der Waals surface area (Å²) >= 11 is 0. The molecule has 4 rings (SSSR count). The maximum absolute atomic E-state index is 12.1. The number of hydrogen-bond acceptors (Lipinski definition) is 3. The Bertz CT molecular complexity index is 883. The fraction of sp³-hybridized carbons (Fsp3) is 0.105. The van der Waals surface area contributed by atoms with Crippen LogP contribution in [0.2, 0.25) is 0 Å². The molecular formula is C19H14O3. The molecule has 22 heavy (non-hydrogen) atoms. The lowest BCUT2D eigenvalue weighted by Crippen LogP contribution is -2.04. The van der Waals surface area contributed by atoms with Crippen LogP contribution in [0.5, 0.6) is 5.75 Å². The van der Waals surface area contributed by atoms with Crippen LogP contribution in [0.4, 0.5) is 0 Å². The Morgan fingerprint density at radius 3 is 2.59 bits per heavy atom. The van der Waals surface area contributed by atoms with E-state index in [4.69, 9.17) is 9.47 Å². The Labute approximate surface area is 128 Å². The summed E-state index contributed by atoms with van der Waals surface area (Å²) in [6, 6.07) is 19.5. The zero-order chi connectivity index (χ0) is 15.1. The van der Waals surface area contributed by atoms with Crippen molar-refractivity contribution < 1.29 is 14.3 Å². The lowest BCUT2D eigenvalue weighted by molar-refractivity contribution is 0.0455. The first-order valence-corrected chi connectivity index (χ1v) is 7.15. The Hall–Kier alpha value is -2.81. The molecule has 0 aliphatic carbocycles. The van der Waals surface area contributed by atoms with Crippen molar-refractivity contribution in [3.8, 4) is 5.75 Å². The van der Waals surface area contributed by atoms with Gasteiger partial charge in [-0.1, -0.05) is 48.5 Å². The SMILES string of the molecule is COc1ccc2ccccc2c1[C@@H]1OC(=O)c2ccccc21. The van der Waals surface area contributed by atoms with Crippen LogP contribution in [0.1, 0.15) is 27.6 Å². The number of benzene rings is 3. The van der Waals surface area contributed by atoms with Crippen LogP contribution in [-0.2, 0) is 4.74 Å². The Morgan fingerprint density at radius 2 is 1.73 bits per heavy atom. The lowest BCUT2D eigenvalue weighted by Gasteiger charge is -2.17.